The molecular formula is C22H17ClN2O3S2. The molecule has 0 bridgehead atoms. The highest BCUT2D eigenvalue weighted by Gasteiger charge is 2.18. The first-order chi connectivity index (χ1) is 14.4. The fraction of sp³-hybridized carbons (Fsp3) is 0.0909. The van der Waals surface area contributed by atoms with Gasteiger partial charge in [-0.2, -0.15) is 0 Å². The van der Waals surface area contributed by atoms with E-state index in [9.17, 15) is 13.2 Å². The molecule has 0 saturated heterocycles. The molecule has 30 heavy (non-hydrogen) atoms. The molecule has 1 amide bonds. The van der Waals surface area contributed by atoms with E-state index in [1.807, 2.05) is 42.5 Å². The van der Waals surface area contributed by atoms with Crippen LogP contribution in [-0.4, -0.2) is 25.1 Å². The van der Waals surface area contributed by atoms with Gasteiger partial charge < -0.3 is 5.32 Å². The molecule has 0 atom stereocenters. The quantitative estimate of drug-likeness (QED) is 0.420. The second-order valence-corrected chi connectivity index (χ2v) is 10.2. The third kappa shape index (κ3) is 4.53. The van der Waals surface area contributed by atoms with Crippen LogP contribution in [0.1, 0.15) is 6.42 Å². The van der Waals surface area contributed by atoms with Crippen molar-refractivity contribution in [3.05, 3.63) is 77.8 Å². The van der Waals surface area contributed by atoms with Gasteiger partial charge in [0, 0.05) is 17.0 Å². The first kappa shape index (κ1) is 20.5. The van der Waals surface area contributed by atoms with E-state index in [1.165, 1.54) is 35.6 Å². The third-order valence-corrected chi connectivity index (χ3v) is 7.55. The molecule has 8 heteroatoms. The lowest BCUT2D eigenvalue weighted by molar-refractivity contribution is -0.115. The number of fused-ring (bicyclic) bond motifs is 1. The van der Waals surface area contributed by atoms with Crippen molar-refractivity contribution >= 4 is 54.6 Å². The number of rotatable bonds is 6. The van der Waals surface area contributed by atoms with Crippen LogP contribution in [-0.2, 0) is 14.6 Å². The molecule has 0 aliphatic carbocycles. The molecule has 1 N–H and O–H groups in total. The van der Waals surface area contributed by atoms with Gasteiger partial charge in [0.2, 0.25) is 5.91 Å². The summed E-state index contributed by atoms with van der Waals surface area (Å²) in [6.45, 7) is 0. The highest BCUT2D eigenvalue weighted by Crippen LogP contribution is 2.34. The van der Waals surface area contributed by atoms with Gasteiger partial charge in [0.25, 0.3) is 0 Å². The van der Waals surface area contributed by atoms with Crippen LogP contribution in [0.2, 0.25) is 5.02 Å². The van der Waals surface area contributed by atoms with Gasteiger partial charge in [-0.3, -0.25) is 4.79 Å². The molecule has 0 aliphatic heterocycles. The number of hydrogen-bond donors (Lipinski definition) is 1. The fourth-order valence-electron chi connectivity index (χ4n) is 2.97. The van der Waals surface area contributed by atoms with Gasteiger partial charge in [-0.25, -0.2) is 13.4 Å². The van der Waals surface area contributed by atoms with E-state index in [0.717, 1.165) is 20.8 Å². The van der Waals surface area contributed by atoms with Crippen molar-refractivity contribution in [2.75, 3.05) is 11.1 Å². The average Bonchev–Trinajstić information content (AvgIpc) is 3.17. The predicted octanol–water partition coefficient (Wildman–Crippen LogP) is 5.42. The largest absolute Gasteiger partial charge is 0.325 e. The molecule has 0 saturated carbocycles. The Morgan fingerprint density at radius 2 is 1.67 bits per heavy atom. The molecule has 0 fully saturated rings. The Morgan fingerprint density at radius 1 is 0.967 bits per heavy atom. The number of para-hydroxylation sites is 2. The number of aromatic nitrogens is 1. The number of amides is 1. The molecule has 152 valence electrons. The zero-order chi connectivity index (χ0) is 21.1. The van der Waals surface area contributed by atoms with Crippen LogP contribution in [0.4, 0.5) is 5.69 Å². The number of benzene rings is 3. The van der Waals surface area contributed by atoms with Crippen molar-refractivity contribution in [2.45, 2.75) is 11.3 Å². The SMILES string of the molecule is O=C(CCS(=O)(=O)c1ccc(Cl)cc1)Nc1ccccc1-c1nc2ccccc2s1. The Bertz CT molecular complexity index is 1280. The third-order valence-electron chi connectivity index (χ3n) is 4.50. The summed E-state index contributed by atoms with van der Waals surface area (Å²) in [5.41, 5.74) is 2.30. The zero-order valence-corrected chi connectivity index (χ0v) is 18.1. The summed E-state index contributed by atoms with van der Waals surface area (Å²) in [4.78, 5) is 17.3. The second kappa shape index (κ2) is 8.55. The Hall–Kier alpha value is -2.74. The number of carbonyl (C=O) groups excluding carboxylic acids is 1. The summed E-state index contributed by atoms with van der Waals surface area (Å²) in [5, 5.41) is 4.08. The summed E-state index contributed by atoms with van der Waals surface area (Å²) in [5.74, 6) is -0.662. The second-order valence-electron chi connectivity index (χ2n) is 6.60. The lowest BCUT2D eigenvalue weighted by Crippen LogP contribution is -2.17. The van der Waals surface area contributed by atoms with Crippen LogP contribution >= 0.6 is 22.9 Å². The Kier molecular flexibility index (Phi) is 5.85. The van der Waals surface area contributed by atoms with E-state index in [4.69, 9.17) is 11.6 Å². The van der Waals surface area contributed by atoms with Crippen molar-refractivity contribution in [1.82, 2.24) is 4.98 Å². The first-order valence-electron chi connectivity index (χ1n) is 9.15. The van der Waals surface area contributed by atoms with Crippen LogP contribution in [0.5, 0.6) is 0 Å². The number of carbonyl (C=O) groups is 1. The van der Waals surface area contributed by atoms with Crippen LogP contribution in [0.3, 0.4) is 0 Å². The average molecular weight is 457 g/mol. The summed E-state index contributed by atoms with van der Waals surface area (Å²) < 4.78 is 26.0. The number of thiazole rings is 1. The van der Waals surface area contributed by atoms with Crippen molar-refractivity contribution < 1.29 is 13.2 Å². The zero-order valence-electron chi connectivity index (χ0n) is 15.7. The van der Waals surface area contributed by atoms with E-state index < -0.39 is 9.84 Å². The van der Waals surface area contributed by atoms with Gasteiger partial charge in [-0.15, -0.1) is 11.3 Å². The van der Waals surface area contributed by atoms with E-state index >= 15 is 0 Å². The number of hydrogen-bond acceptors (Lipinski definition) is 5. The minimum absolute atomic E-state index is 0.148. The van der Waals surface area contributed by atoms with Gasteiger partial charge in [-0.05, 0) is 48.5 Å². The number of halogens is 1. The molecule has 0 radical (unpaired) electrons. The van der Waals surface area contributed by atoms with Gasteiger partial charge in [0.1, 0.15) is 5.01 Å². The fourth-order valence-corrected chi connectivity index (χ4v) is 5.34. The van der Waals surface area contributed by atoms with Gasteiger partial charge in [-0.1, -0.05) is 35.9 Å². The summed E-state index contributed by atoms with van der Waals surface area (Å²) in [6, 6.07) is 21.1. The van der Waals surface area contributed by atoms with Crippen LogP contribution in [0.15, 0.2) is 77.7 Å². The summed E-state index contributed by atoms with van der Waals surface area (Å²) >= 11 is 7.35. The highest BCUT2D eigenvalue weighted by molar-refractivity contribution is 7.91. The smallest absolute Gasteiger partial charge is 0.225 e. The number of nitrogens with one attached hydrogen (secondary N) is 1. The minimum Gasteiger partial charge on any atom is -0.325 e. The lowest BCUT2D eigenvalue weighted by atomic mass is 10.2. The monoisotopic (exact) mass is 456 g/mol. The molecule has 0 aliphatic rings. The van der Waals surface area contributed by atoms with Gasteiger partial charge in [0.05, 0.1) is 26.6 Å². The molecule has 1 aromatic heterocycles. The lowest BCUT2D eigenvalue weighted by Gasteiger charge is -2.10. The molecule has 3 aromatic carbocycles. The normalized spacial score (nSPS) is 11.5. The Labute approximate surface area is 183 Å². The molecule has 0 unspecified atom stereocenters. The summed E-state index contributed by atoms with van der Waals surface area (Å²) in [6.07, 6.45) is -0.154. The maximum atomic E-state index is 12.5. The molecular weight excluding hydrogens is 440 g/mol. The summed E-state index contributed by atoms with van der Waals surface area (Å²) in [7, 11) is -3.57. The molecule has 0 spiro atoms. The molecule has 1 heterocycles. The van der Waals surface area contributed by atoms with Crippen LogP contribution in [0, 0.1) is 0 Å². The van der Waals surface area contributed by atoms with E-state index in [2.05, 4.69) is 10.3 Å². The standard InChI is InChI=1S/C22H17ClN2O3S2/c23-15-9-11-16(12-10-15)30(27,28)14-13-21(26)24-18-6-2-1-5-17(18)22-25-19-7-3-4-8-20(19)29-22/h1-12H,13-14H2,(H,24,26). The molecule has 5 nitrogen and oxygen atoms in total. The van der Waals surface area contributed by atoms with E-state index in [0.29, 0.717) is 10.7 Å². The van der Waals surface area contributed by atoms with E-state index in [1.54, 1.807) is 6.07 Å². The maximum absolute atomic E-state index is 12.5. The van der Waals surface area contributed by atoms with Crippen molar-refractivity contribution in [2.24, 2.45) is 0 Å². The van der Waals surface area contributed by atoms with Crippen molar-refractivity contribution in [1.29, 1.82) is 0 Å². The highest BCUT2D eigenvalue weighted by atomic mass is 35.5. The maximum Gasteiger partial charge on any atom is 0.225 e. The Balaban J connectivity index is 1.49. The first-order valence-corrected chi connectivity index (χ1v) is 12.0. The van der Waals surface area contributed by atoms with Crippen molar-refractivity contribution in [3.8, 4) is 10.6 Å². The van der Waals surface area contributed by atoms with E-state index in [-0.39, 0.29) is 23.0 Å². The number of nitrogens with zero attached hydrogens (tertiary/aromatic N) is 1. The predicted molar refractivity (Wildman–Crippen MR) is 122 cm³/mol. The molecule has 4 aromatic rings. The Morgan fingerprint density at radius 3 is 2.43 bits per heavy atom. The van der Waals surface area contributed by atoms with Gasteiger partial charge in [0.15, 0.2) is 9.84 Å². The number of sulfone groups is 1. The topological polar surface area (TPSA) is 76.1 Å². The molecule has 4 rings (SSSR count). The minimum atomic E-state index is -3.57. The van der Waals surface area contributed by atoms with Crippen molar-refractivity contribution in [3.63, 3.8) is 0 Å². The van der Waals surface area contributed by atoms with Crippen LogP contribution < -0.4 is 5.32 Å². The number of anilines is 1. The van der Waals surface area contributed by atoms with Gasteiger partial charge >= 0.3 is 0 Å². The van der Waals surface area contributed by atoms with Crippen LogP contribution in [0.25, 0.3) is 20.8 Å².